The van der Waals surface area contributed by atoms with Crippen LogP contribution in [0.4, 0.5) is 0 Å². The number of benzene rings is 2. The van der Waals surface area contributed by atoms with E-state index in [-0.39, 0.29) is 5.56 Å². The van der Waals surface area contributed by atoms with Crippen LogP contribution in [0.3, 0.4) is 0 Å². The van der Waals surface area contributed by atoms with Crippen molar-refractivity contribution in [2.24, 2.45) is 0 Å². The Bertz CT molecular complexity index is 979. The van der Waals surface area contributed by atoms with Gasteiger partial charge in [-0.15, -0.1) is 0 Å². The lowest BCUT2D eigenvalue weighted by atomic mass is 10.1. The maximum Gasteiger partial charge on any atom is 0.275 e. The molecular formula is C18H15N3O. The van der Waals surface area contributed by atoms with Gasteiger partial charge in [0, 0.05) is 18.1 Å². The fourth-order valence-electron chi connectivity index (χ4n) is 2.83. The molecule has 0 unspecified atom stereocenters. The van der Waals surface area contributed by atoms with Crippen LogP contribution >= 0.6 is 0 Å². The van der Waals surface area contributed by atoms with Gasteiger partial charge in [0.15, 0.2) is 0 Å². The molecule has 4 nitrogen and oxygen atoms in total. The largest absolute Gasteiger partial charge is 0.342 e. The third-order valence-corrected chi connectivity index (χ3v) is 4.00. The topological polar surface area (TPSA) is 50.7 Å². The van der Waals surface area contributed by atoms with E-state index in [0.29, 0.717) is 5.56 Å². The maximum absolute atomic E-state index is 11.9. The predicted molar refractivity (Wildman–Crippen MR) is 87.3 cm³/mol. The van der Waals surface area contributed by atoms with E-state index in [4.69, 9.17) is 0 Å². The molecule has 0 saturated heterocycles. The molecule has 0 aliphatic carbocycles. The standard InChI is InChI=1S/C18H15N3O/c1-12-6-8-13(9-7-12)10-21-11-15-17(19-20-18(15)22)14-4-2-3-5-16(14)21/h2-9,11H,10H2,1H3,(H,20,22). The number of nitrogens with one attached hydrogen (secondary N) is 1. The monoisotopic (exact) mass is 289 g/mol. The van der Waals surface area contributed by atoms with Gasteiger partial charge in [-0.3, -0.25) is 4.79 Å². The van der Waals surface area contributed by atoms with Crippen LogP contribution in [0.1, 0.15) is 11.1 Å². The first-order valence-corrected chi connectivity index (χ1v) is 7.24. The van der Waals surface area contributed by atoms with Crippen molar-refractivity contribution in [2.45, 2.75) is 13.5 Å². The normalized spacial score (nSPS) is 11.3. The van der Waals surface area contributed by atoms with Gasteiger partial charge in [0.2, 0.25) is 0 Å². The Kier molecular flexibility index (Phi) is 2.82. The van der Waals surface area contributed by atoms with Crippen LogP contribution in [-0.4, -0.2) is 14.8 Å². The Morgan fingerprint density at radius 3 is 2.68 bits per heavy atom. The zero-order chi connectivity index (χ0) is 15.1. The van der Waals surface area contributed by atoms with Gasteiger partial charge >= 0.3 is 0 Å². The third-order valence-electron chi connectivity index (χ3n) is 4.00. The molecule has 2 aromatic carbocycles. The van der Waals surface area contributed by atoms with E-state index in [1.165, 1.54) is 11.1 Å². The van der Waals surface area contributed by atoms with Crippen molar-refractivity contribution in [3.05, 3.63) is 76.2 Å². The highest BCUT2D eigenvalue weighted by Crippen LogP contribution is 2.27. The second kappa shape index (κ2) is 4.84. The van der Waals surface area contributed by atoms with Crippen molar-refractivity contribution < 1.29 is 0 Å². The minimum Gasteiger partial charge on any atom is -0.342 e. The average molecular weight is 289 g/mol. The van der Waals surface area contributed by atoms with Crippen LogP contribution in [0.2, 0.25) is 0 Å². The summed E-state index contributed by atoms with van der Waals surface area (Å²) in [6, 6.07) is 16.5. The minimum atomic E-state index is -0.140. The molecule has 0 amide bonds. The second-order valence-corrected chi connectivity index (χ2v) is 5.57. The molecule has 2 aliphatic heterocycles. The molecule has 0 aromatic heterocycles. The highest BCUT2D eigenvalue weighted by Gasteiger charge is 2.16. The first-order chi connectivity index (χ1) is 10.7. The number of aromatic nitrogens is 3. The van der Waals surface area contributed by atoms with E-state index < -0.39 is 0 Å². The Morgan fingerprint density at radius 1 is 1.09 bits per heavy atom. The molecule has 22 heavy (non-hydrogen) atoms. The number of nitrogens with zero attached hydrogens (tertiary/aromatic N) is 2. The first kappa shape index (κ1) is 12.8. The molecule has 0 saturated carbocycles. The number of fused-ring (bicyclic) bond motifs is 3. The molecule has 0 atom stereocenters. The fourth-order valence-corrected chi connectivity index (χ4v) is 2.83. The summed E-state index contributed by atoms with van der Waals surface area (Å²) in [7, 11) is 0. The van der Waals surface area contributed by atoms with Crippen LogP contribution < -0.4 is 5.56 Å². The van der Waals surface area contributed by atoms with E-state index in [1.54, 1.807) is 0 Å². The van der Waals surface area contributed by atoms with Gasteiger partial charge in [0.1, 0.15) is 5.69 Å². The van der Waals surface area contributed by atoms with Gasteiger partial charge < -0.3 is 4.57 Å². The number of aryl methyl sites for hydroxylation is 1. The van der Waals surface area contributed by atoms with Gasteiger partial charge in [0.25, 0.3) is 5.56 Å². The van der Waals surface area contributed by atoms with E-state index in [9.17, 15) is 4.79 Å². The predicted octanol–water partition coefficient (Wildman–Crippen LogP) is 3.19. The van der Waals surface area contributed by atoms with E-state index in [1.807, 2.05) is 24.4 Å². The highest BCUT2D eigenvalue weighted by atomic mass is 16.1. The van der Waals surface area contributed by atoms with Crippen LogP contribution in [0.5, 0.6) is 0 Å². The number of hydrogen-bond donors (Lipinski definition) is 1. The van der Waals surface area contributed by atoms with Gasteiger partial charge in [-0.2, -0.15) is 5.10 Å². The van der Waals surface area contributed by atoms with Crippen molar-refractivity contribution in [1.29, 1.82) is 0 Å². The number of hydrogen-bond acceptors (Lipinski definition) is 2. The molecule has 4 rings (SSSR count). The van der Waals surface area contributed by atoms with Gasteiger partial charge in [-0.05, 0) is 18.6 Å². The lowest BCUT2D eigenvalue weighted by Gasteiger charge is -2.14. The maximum atomic E-state index is 11.9. The molecule has 2 heterocycles. The molecule has 2 aromatic rings. The summed E-state index contributed by atoms with van der Waals surface area (Å²) < 4.78 is 2.11. The third kappa shape index (κ3) is 2.00. The van der Waals surface area contributed by atoms with Crippen molar-refractivity contribution in [2.75, 3.05) is 0 Å². The Balaban J connectivity index is 1.94. The zero-order valence-electron chi connectivity index (χ0n) is 12.2. The SMILES string of the molecule is Cc1ccc(Cn2cc3c(=O)[nH]nc-3c3ccccc32)cc1. The van der Waals surface area contributed by atoms with Gasteiger partial charge in [0.05, 0.1) is 11.1 Å². The average Bonchev–Trinajstić information content (AvgIpc) is 2.91. The molecule has 0 fully saturated rings. The number of para-hydroxylation sites is 1. The highest BCUT2D eigenvalue weighted by molar-refractivity contribution is 5.93. The molecule has 108 valence electrons. The van der Waals surface area contributed by atoms with Crippen molar-refractivity contribution >= 4 is 10.9 Å². The molecule has 1 N–H and O–H groups in total. The van der Waals surface area contributed by atoms with Crippen molar-refractivity contribution in [3.63, 3.8) is 0 Å². The quantitative estimate of drug-likeness (QED) is 0.616. The zero-order valence-corrected chi connectivity index (χ0v) is 12.2. The summed E-state index contributed by atoms with van der Waals surface area (Å²) >= 11 is 0. The summed E-state index contributed by atoms with van der Waals surface area (Å²) in [4.78, 5) is 11.9. The number of H-pyrrole nitrogens is 1. The smallest absolute Gasteiger partial charge is 0.275 e. The van der Waals surface area contributed by atoms with Crippen molar-refractivity contribution in [1.82, 2.24) is 14.8 Å². The second-order valence-electron chi connectivity index (χ2n) is 5.57. The minimum absolute atomic E-state index is 0.140. The molecule has 0 spiro atoms. The molecular weight excluding hydrogens is 274 g/mol. The number of aromatic amines is 1. The van der Waals surface area contributed by atoms with Gasteiger partial charge in [-0.1, -0.05) is 48.0 Å². The molecule has 2 aliphatic rings. The molecule has 0 bridgehead atoms. The molecule has 0 radical (unpaired) electrons. The lowest BCUT2D eigenvalue weighted by molar-refractivity contribution is 0.827. The van der Waals surface area contributed by atoms with E-state index in [0.717, 1.165) is 23.1 Å². The molecule has 4 heteroatoms. The van der Waals surface area contributed by atoms with Crippen LogP contribution in [0, 0.1) is 6.92 Å². The summed E-state index contributed by atoms with van der Waals surface area (Å²) in [6.07, 6.45) is 1.89. The summed E-state index contributed by atoms with van der Waals surface area (Å²) in [5, 5.41) is 7.69. The summed E-state index contributed by atoms with van der Waals surface area (Å²) in [5.41, 5.74) is 4.74. The van der Waals surface area contributed by atoms with Crippen molar-refractivity contribution in [3.8, 4) is 11.3 Å². The van der Waals surface area contributed by atoms with E-state index in [2.05, 4.69) is 52.0 Å². The van der Waals surface area contributed by atoms with Crippen LogP contribution in [0.15, 0.2) is 59.5 Å². The summed E-state index contributed by atoms with van der Waals surface area (Å²) in [5.74, 6) is 0. The lowest BCUT2D eigenvalue weighted by Crippen LogP contribution is -2.07. The summed E-state index contributed by atoms with van der Waals surface area (Å²) in [6.45, 7) is 2.80. The number of pyridine rings is 1. The number of rotatable bonds is 2. The van der Waals surface area contributed by atoms with Crippen LogP contribution in [0.25, 0.3) is 22.2 Å². The fraction of sp³-hybridized carbons (Fsp3) is 0.111. The first-order valence-electron chi connectivity index (χ1n) is 7.24. The Morgan fingerprint density at radius 2 is 1.86 bits per heavy atom. The van der Waals surface area contributed by atoms with E-state index >= 15 is 0 Å². The Labute approximate surface area is 127 Å². The van der Waals surface area contributed by atoms with Crippen LogP contribution in [-0.2, 0) is 6.54 Å². The Hall–Kier alpha value is -2.88. The van der Waals surface area contributed by atoms with Gasteiger partial charge in [-0.25, -0.2) is 5.10 Å².